The fourth-order valence-corrected chi connectivity index (χ4v) is 2.36. The number of aryl methyl sites for hydroxylation is 1. The molecule has 0 fully saturated rings. The van der Waals surface area contributed by atoms with Crippen molar-refractivity contribution in [2.75, 3.05) is 18.4 Å². The second-order valence-corrected chi connectivity index (χ2v) is 5.63. The highest BCUT2D eigenvalue weighted by Crippen LogP contribution is 2.20. The number of nitrogens with zero attached hydrogens (tertiary/aromatic N) is 3. The Bertz CT molecular complexity index is 764. The molecule has 0 bridgehead atoms. The summed E-state index contributed by atoms with van der Waals surface area (Å²) in [6, 6.07) is 9.11. The summed E-state index contributed by atoms with van der Waals surface area (Å²) in [4.78, 5) is 26.1. The first-order valence-electron chi connectivity index (χ1n) is 7.78. The number of rotatable bonds is 5. The van der Waals surface area contributed by atoms with Crippen LogP contribution in [0.4, 0.5) is 5.69 Å². The van der Waals surface area contributed by atoms with Crippen LogP contribution in [0.5, 0.6) is 0 Å². The van der Waals surface area contributed by atoms with Crippen molar-refractivity contribution in [2.24, 2.45) is 0 Å². The number of carbonyl (C=O) groups is 2. The van der Waals surface area contributed by atoms with Crippen LogP contribution in [-0.2, 0) is 9.59 Å². The SMILES string of the molecule is C=C(C)CN(CC)C(=O)C(=O)Nc1ccccc1-n1nccc1C. The molecule has 0 saturated carbocycles. The summed E-state index contributed by atoms with van der Waals surface area (Å²) < 4.78 is 1.71. The number of amides is 2. The third kappa shape index (κ3) is 3.90. The number of aromatic nitrogens is 2. The van der Waals surface area contributed by atoms with Crippen LogP contribution >= 0.6 is 0 Å². The minimum atomic E-state index is -0.671. The van der Waals surface area contributed by atoms with Gasteiger partial charge in [0.2, 0.25) is 0 Å². The predicted octanol–water partition coefficient (Wildman–Crippen LogP) is 2.54. The molecule has 24 heavy (non-hydrogen) atoms. The van der Waals surface area contributed by atoms with Crippen LogP contribution in [0.1, 0.15) is 19.5 Å². The summed E-state index contributed by atoms with van der Waals surface area (Å²) in [5.74, 6) is -1.25. The molecular formula is C18H22N4O2. The van der Waals surface area contributed by atoms with Gasteiger partial charge in [0, 0.05) is 25.0 Å². The summed E-state index contributed by atoms with van der Waals surface area (Å²) in [6.07, 6.45) is 1.69. The Morgan fingerprint density at radius 1 is 1.29 bits per heavy atom. The Morgan fingerprint density at radius 2 is 2.00 bits per heavy atom. The fourth-order valence-electron chi connectivity index (χ4n) is 2.36. The van der Waals surface area contributed by atoms with Gasteiger partial charge in [0.05, 0.1) is 11.4 Å². The van der Waals surface area contributed by atoms with Crippen molar-refractivity contribution in [3.63, 3.8) is 0 Å². The molecule has 1 heterocycles. The van der Waals surface area contributed by atoms with E-state index in [-0.39, 0.29) is 0 Å². The Kier molecular flexibility index (Phi) is 5.52. The van der Waals surface area contributed by atoms with Crippen molar-refractivity contribution in [1.29, 1.82) is 0 Å². The zero-order valence-corrected chi connectivity index (χ0v) is 14.2. The molecule has 0 aliphatic rings. The van der Waals surface area contributed by atoms with E-state index in [1.54, 1.807) is 23.0 Å². The molecule has 2 rings (SSSR count). The lowest BCUT2D eigenvalue weighted by Crippen LogP contribution is -2.40. The first-order chi connectivity index (χ1) is 11.4. The number of hydrogen-bond acceptors (Lipinski definition) is 3. The second-order valence-electron chi connectivity index (χ2n) is 5.63. The van der Waals surface area contributed by atoms with Gasteiger partial charge in [0.1, 0.15) is 0 Å². The maximum atomic E-state index is 12.3. The largest absolute Gasteiger partial charge is 0.331 e. The van der Waals surface area contributed by atoms with Gasteiger partial charge < -0.3 is 10.2 Å². The van der Waals surface area contributed by atoms with E-state index in [4.69, 9.17) is 0 Å². The first kappa shape index (κ1) is 17.5. The van der Waals surface area contributed by atoms with E-state index in [0.29, 0.717) is 24.5 Å². The van der Waals surface area contributed by atoms with Gasteiger partial charge in [-0.3, -0.25) is 9.59 Å². The van der Waals surface area contributed by atoms with Crippen molar-refractivity contribution in [3.8, 4) is 5.69 Å². The van der Waals surface area contributed by atoms with E-state index in [2.05, 4.69) is 17.0 Å². The van der Waals surface area contributed by atoms with E-state index in [1.807, 2.05) is 39.0 Å². The monoisotopic (exact) mass is 326 g/mol. The minimum absolute atomic E-state index is 0.364. The highest BCUT2D eigenvalue weighted by atomic mass is 16.2. The number of likely N-dealkylation sites (N-methyl/N-ethyl adjacent to an activating group) is 1. The molecule has 6 nitrogen and oxygen atoms in total. The van der Waals surface area contributed by atoms with Gasteiger partial charge in [-0.15, -0.1) is 0 Å². The van der Waals surface area contributed by atoms with E-state index >= 15 is 0 Å². The molecule has 2 aromatic rings. The van der Waals surface area contributed by atoms with Crippen LogP contribution in [0.15, 0.2) is 48.7 Å². The zero-order chi connectivity index (χ0) is 17.7. The fraction of sp³-hybridized carbons (Fsp3) is 0.278. The zero-order valence-electron chi connectivity index (χ0n) is 14.2. The maximum Gasteiger partial charge on any atom is 0.313 e. The summed E-state index contributed by atoms with van der Waals surface area (Å²) >= 11 is 0. The van der Waals surface area contributed by atoms with Crippen LogP contribution in [0, 0.1) is 6.92 Å². The van der Waals surface area contributed by atoms with Crippen molar-refractivity contribution in [2.45, 2.75) is 20.8 Å². The van der Waals surface area contributed by atoms with E-state index in [9.17, 15) is 9.59 Å². The lowest BCUT2D eigenvalue weighted by molar-refractivity contribution is -0.142. The molecule has 1 aromatic heterocycles. The average Bonchev–Trinajstić information content (AvgIpc) is 2.98. The van der Waals surface area contributed by atoms with Gasteiger partial charge in [0.25, 0.3) is 0 Å². The van der Waals surface area contributed by atoms with Gasteiger partial charge >= 0.3 is 11.8 Å². The standard InChI is InChI=1S/C18H22N4O2/c1-5-21(12-13(2)3)18(24)17(23)20-15-8-6-7-9-16(15)22-14(4)10-11-19-22/h6-11H,2,5,12H2,1,3-4H3,(H,20,23). The van der Waals surface area contributed by atoms with Gasteiger partial charge in [-0.25, -0.2) is 4.68 Å². The molecule has 0 saturated heterocycles. The molecule has 0 unspecified atom stereocenters. The number of para-hydroxylation sites is 2. The highest BCUT2D eigenvalue weighted by Gasteiger charge is 2.21. The molecule has 6 heteroatoms. The Balaban J connectivity index is 2.22. The van der Waals surface area contributed by atoms with Crippen LogP contribution in [0.25, 0.3) is 5.69 Å². The van der Waals surface area contributed by atoms with E-state index < -0.39 is 11.8 Å². The minimum Gasteiger partial charge on any atom is -0.331 e. The van der Waals surface area contributed by atoms with Crippen LogP contribution in [0.3, 0.4) is 0 Å². The van der Waals surface area contributed by atoms with Crippen LogP contribution in [0.2, 0.25) is 0 Å². The molecule has 0 atom stereocenters. The molecule has 2 amide bonds. The molecule has 0 radical (unpaired) electrons. The number of benzene rings is 1. The molecule has 126 valence electrons. The molecule has 0 spiro atoms. The Hall–Kier alpha value is -2.89. The Labute approximate surface area is 141 Å². The lowest BCUT2D eigenvalue weighted by Gasteiger charge is -2.20. The summed E-state index contributed by atoms with van der Waals surface area (Å²) in [6.45, 7) is 10.2. The average molecular weight is 326 g/mol. The third-order valence-corrected chi connectivity index (χ3v) is 3.54. The number of hydrogen-bond donors (Lipinski definition) is 1. The molecular weight excluding hydrogens is 304 g/mol. The van der Waals surface area contributed by atoms with Crippen molar-refractivity contribution in [3.05, 3.63) is 54.4 Å². The normalized spacial score (nSPS) is 10.3. The van der Waals surface area contributed by atoms with Crippen LogP contribution in [-0.4, -0.2) is 39.6 Å². The molecule has 0 aliphatic heterocycles. The van der Waals surface area contributed by atoms with Gasteiger partial charge in [-0.05, 0) is 39.0 Å². The smallest absolute Gasteiger partial charge is 0.313 e. The number of carbonyl (C=O) groups excluding carboxylic acids is 2. The van der Waals surface area contributed by atoms with Gasteiger partial charge in [-0.2, -0.15) is 5.10 Å². The lowest BCUT2D eigenvalue weighted by atomic mass is 10.2. The van der Waals surface area contributed by atoms with Gasteiger partial charge in [-0.1, -0.05) is 24.3 Å². The maximum absolute atomic E-state index is 12.3. The Morgan fingerprint density at radius 3 is 2.58 bits per heavy atom. The number of anilines is 1. The quantitative estimate of drug-likeness (QED) is 0.678. The second kappa shape index (κ2) is 7.59. The topological polar surface area (TPSA) is 67.2 Å². The van der Waals surface area contributed by atoms with Crippen molar-refractivity contribution >= 4 is 17.5 Å². The van der Waals surface area contributed by atoms with E-state index in [0.717, 1.165) is 11.3 Å². The summed E-state index contributed by atoms with van der Waals surface area (Å²) in [5, 5.41) is 6.94. The molecule has 1 N–H and O–H groups in total. The summed E-state index contributed by atoms with van der Waals surface area (Å²) in [5.41, 5.74) is 3.00. The first-order valence-corrected chi connectivity index (χ1v) is 7.78. The van der Waals surface area contributed by atoms with Gasteiger partial charge in [0.15, 0.2) is 0 Å². The van der Waals surface area contributed by atoms with E-state index in [1.165, 1.54) is 4.90 Å². The molecule has 0 aliphatic carbocycles. The highest BCUT2D eigenvalue weighted by molar-refractivity contribution is 6.39. The third-order valence-electron chi connectivity index (χ3n) is 3.54. The van der Waals surface area contributed by atoms with Crippen LogP contribution < -0.4 is 5.32 Å². The van der Waals surface area contributed by atoms with Crippen molar-refractivity contribution in [1.82, 2.24) is 14.7 Å². The number of nitrogens with one attached hydrogen (secondary N) is 1. The predicted molar refractivity (Wildman–Crippen MR) is 94.0 cm³/mol. The van der Waals surface area contributed by atoms with Crippen molar-refractivity contribution < 1.29 is 9.59 Å². The molecule has 1 aromatic carbocycles. The summed E-state index contributed by atoms with van der Waals surface area (Å²) in [7, 11) is 0.